The molecule has 1 aromatic rings. The van der Waals surface area contributed by atoms with E-state index in [1.165, 1.54) is 38.5 Å². The summed E-state index contributed by atoms with van der Waals surface area (Å²) in [5.74, 6) is 0.680. The van der Waals surface area contributed by atoms with Crippen molar-refractivity contribution in [2.75, 3.05) is 6.54 Å². The van der Waals surface area contributed by atoms with Gasteiger partial charge in [-0.15, -0.1) is 0 Å². The lowest BCUT2D eigenvalue weighted by atomic mass is 9.97. The number of halogens is 1. The van der Waals surface area contributed by atoms with Gasteiger partial charge in [0, 0.05) is 11.6 Å². The zero-order valence-corrected chi connectivity index (χ0v) is 13.9. The summed E-state index contributed by atoms with van der Waals surface area (Å²) in [5.41, 5.74) is 0.726. The summed E-state index contributed by atoms with van der Waals surface area (Å²) in [6.45, 7) is 0.549. The van der Waals surface area contributed by atoms with Gasteiger partial charge in [0.1, 0.15) is 0 Å². The van der Waals surface area contributed by atoms with Gasteiger partial charge in [0.05, 0.1) is 5.75 Å². The van der Waals surface area contributed by atoms with E-state index in [1.807, 2.05) is 0 Å². The topological polar surface area (TPSA) is 46.2 Å². The Labute approximate surface area is 133 Å². The maximum Gasteiger partial charge on any atom is 0.215 e. The third kappa shape index (κ3) is 6.37. The number of hydrogen-bond acceptors (Lipinski definition) is 2. The molecular weight excluding hydrogens is 306 g/mol. The van der Waals surface area contributed by atoms with Gasteiger partial charge in [-0.1, -0.05) is 62.3 Å². The molecule has 1 fully saturated rings. The second-order valence-electron chi connectivity index (χ2n) is 5.93. The quantitative estimate of drug-likeness (QED) is 0.798. The fourth-order valence-electron chi connectivity index (χ4n) is 2.97. The summed E-state index contributed by atoms with van der Waals surface area (Å²) in [5, 5.41) is 0.571. The van der Waals surface area contributed by atoms with Gasteiger partial charge in [0.2, 0.25) is 10.0 Å². The van der Waals surface area contributed by atoms with Gasteiger partial charge < -0.3 is 0 Å². The third-order valence-corrected chi connectivity index (χ3v) is 5.69. The smallest absolute Gasteiger partial charge is 0.215 e. The number of nitrogens with one attached hydrogen (secondary N) is 1. The van der Waals surface area contributed by atoms with Gasteiger partial charge in [0.25, 0.3) is 0 Å². The summed E-state index contributed by atoms with van der Waals surface area (Å²) < 4.78 is 26.9. The zero-order chi connectivity index (χ0) is 15.1. The molecule has 1 aliphatic carbocycles. The van der Waals surface area contributed by atoms with Crippen molar-refractivity contribution in [1.29, 1.82) is 0 Å². The molecule has 21 heavy (non-hydrogen) atoms. The van der Waals surface area contributed by atoms with Gasteiger partial charge in [-0.2, -0.15) is 0 Å². The molecule has 0 atom stereocenters. The van der Waals surface area contributed by atoms with Gasteiger partial charge in [-0.05, 0) is 30.0 Å². The summed E-state index contributed by atoms with van der Waals surface area (Å²) in [6.07, 6.45) is 8.69. The summed E-state index contributed by atoms with van der Waals surface area (Å²) >= 11 is 5.88. The van der Waals surface area contributed by atoms with E-state index in [0.29, 0.717) is 17.5 Å². The highest BCUT2D eigenvalue weighted by Gasteiger charge is 2.15. The molecule has 0 spiro atoms. The molecule has 1 aromatic carbocycles. The Morgan fingerprint density at radius 3 is 2.52 bits per heavy atom. The number of hydrogen-bond donors (Lipinski definition) is 1. The highest BCUT2D eigenvalue weighted by molar-refractivity contribution is 7.88. The van der Waals surface area contributed by atoms with Gasteiger partial charge >= 0.3 is 0 Å². The molecule has 118 valence electrons. The van der Waals surface area contributed by atoms with E-state index in [1.54, 1.807) is 24.3 Å². The molecular formula is C16H24ClNO2S. The second-order valence-corrected chi connectivity index (χ2v) is 8.17. The number of benzene rings is 1. The minimum Gasteiger partial charge on any atom is -0.215 e. The van der Waals surface area contributed by atoms with E-state index in [-0.39, 0.29) is 5.75 Å². The van der Waals surface area contributed by atoms with Crippen LogP contribution in [0.5, 0.6) is 0 Å². The average molecular weight is 330 g/mol. The summed E-state index contributed by atoms with van der Waals surface area (Å²) in [7, 11) is -3.27. The first-order chi connectivity index (χ1) is 10.1. The maximum absolute atomic E-state index is 12.1. The van der Waals surface area contributed by atoms with Crippen LogP contribution in [0.15, 0.2) is 24.3 Å². The SMILES string of the molecule is O=S(=O)(Cc1cccc(Cl)c1)NCCC1CCCCCC1. The van der Waals surface area contributed by atoms with Crippen LogP contribution in [0, 0.1) is 5.92 Å². The molecule has 2 rings (SSSR count). The minimum atomic E-state index is -3.27. The molecule has 1 aliphatic rings. The first kappa shape index (κ1) is 16.8. The van der Waals surface area contributed by atoms with E-state index >= 15 is 0 Å². The van der Waals surface area contributed by atoms with Gasteiger partial charge in [-0.25, -0.2) is 13.1 Å². The average Bonchev–Trinajstić information content (AvgIpc) is 2.66. The second kappa shape index (κ2) is 8.16. The standard InChI is InChI=1S/C16H24ClNO2S/c17-16-9-5-8-15(12-16)13-21(19,20)18-11-10-14-6-3-1-2-4-7-14/h5,8-9,12,14,18H,1-4,6-7,10-11,13H2. The molecule has 0 aromatic heterocycles. The van der Waals surface area contributed by atoms with E-state index in [0.717, 1.165) is 12.0 Å². The highest BCUT2D eigenvalue weighted by atomic mass is 35.5. The van der Waals surface area contributed by atoms with E-state index in [2.05, 4.69) is 4.72 Å². The van der Waals surface area contributed by atoms with Crippen molar-refractivity contribution in [3.8, 4) is 0 Å². The van der Waals surface area contributed by atoms with Crippen LogP contribution < -0.4 is 4.72 Å². The van der Waals surface area contributed by atoms with Crippen molar-refractivity contribution < 1.29 is 8.42 Å². The van der Waals surface area contributed by atoms with Gasteiger partial charge in [-0.3, -0.25) is 0 Å². The van der Waals surface area contributed by atoms with Crippen LogP contribution in [-0.2, 0) is 15.8 Å². The first-order valence-corrected chi connectivity index (χ1v) is 9.80. The molecule has 1 N–H and O–H groups in total. The minimum absolute atomic E-state index is 0.00176. The summed E-state index contributed by atoms with van der Waals surface area (Å²) in [4.78, 5) is 0. The molecule has 0 bridgehead atoms. The predicted molar refractivity (Wildman–Crippen MR) is 87.9 cm³/mol. The Morgan fingerprint density at radius 2 is 1.86 bits per heavy atom. The van der Waals surface area contributed by atoms with E-state index in [9.17, 15) is 8.42 Å². The molecule has 0 amide bonds. The van der Waals surface area contributed by atoms with Crippen LogP contribution in [0.1, 0.15) is 50.5 Å². The van der Waals surface area contributed by atoms with Crippen LogP contribution >= 0.6 is 11.6 Å². The fraction of sp³-hybridized carbons (Fsp3) is 0.625. The third-order valence-electron chi connectivity index (χ3n) is 4.10. The Balaban J connectivity index is 1.78. The largest absolute Gasteiger partial charge is 0.215 e. The Kier molecular flexibility index (Phi) is 6.52. The highest BCUT2D eigenvalue weighted by Crippen LogP contribution is 2.25. The number of rotatable bonds is 6. The summed E-state index contributed by atoms with van der Waals surface area (Å²) in [6, 6.07) is 7.01. The Bertz CT molecular complexity index is 537. The van der Waals surface area contributed by atoms with Crippen molar-refractivity contribution in [1.82, 2.24) is 4.72 Å². The zero-order valence-electron chi connectivity index (χ0n) is 12.4. The molecule has 0 unspecified atom stereocenters. The van der Waals surface area contributed by atoms with E-state index in [4.69, 9.17) is 11.6 Å². The van der Waals surface area contributed by atoms with Crippen molar-refractivity contribution in [2.24, 2.45) is 5.92 Å². The number of sulfonamides is 1. The fourth-order valence-corrected chi connectivity index (χ4v) is 4.33. The Morgan fingerprint density at radius 1 is 1.14 bits per heavy atom. The van der Waals surface area contributed by atoms with Crippen LogP contribution in [0.4, 0.5) is 0 Å². The van der Waals surface area contributed by atoms with E-state index < -0.39 is 10.0 Å². The Hall–Kier alpha value is -0.580. The molecule has 1 saturated carbocycles. The molecule has 3 nitrogen and oxygen atoms in total. The van der Waals surface area contributed by atoms with Gasteiger partial charge in [0.15, 0.2) is 0 Å². The van der Waals surface area contributed by atoms with Crippen LogP contribution in [0.2, 0.25) is 5.02 Å². The predicted octanol–water partition coefficient (Wildman–Crippen LogP) is 4.12. The molecule has 0 saturated heterocycles. The molecule has 0 aliphatic heterocycles. The van der Waals surface area contributed by atoms with Crippen molar-refractivity contribution in [2.45, 2.75) is 50.7 Å². The lowest BCUT2D eigenvalue weighted by Crippen LogP contribution is -2.27. The van der Waals surface area contributed by atoms with Crippen LogP contribution in [0.3, 0.4) is 0 Å². The molecule has 0 heterocycles. The normalized spacial score (nSPS) is 17.6. The van der Waals surface area contributed by atoms with Crippen LogP contribution in [0.25, 0.3) is 0 Å². The van der Waals surface area contributed by atoms with Crippen molar-refractivity contribution >= 4 is 21.6 Å². The first-order valence-electron chi connectivity index (χ1n) is 7.77. The monoisotopic (exact) mass is 329 g/mol. The van der Waals surface area contributed by atoms with Crippen molar-refractivity contribution in [3.05, 3.63) is 34.9 Å². The molecule has 0 radical (unpaired) electrons. The molecule has 5 heteroatoms. The lowest BCUT2D eigenvalue weighted by molar-refractivity contribution is 0.427. The lowest BCUT2D eigenvalue weighted by Gasteiger charge is -2.14. The van der Waals surface area contributed by atoms with Crippen LogP contribution in [-0.4, -0.2) is 15.0 Å². The van der Waals surface area contributed by atoms with Crippen molar-refractivity contribution in [3.63, 3.8) is 0 Å². The maximum atomic E-state index is 12.1.